The van der Waals surface area contributed by atoms with Gasteiger partial charge in [0.25, 0.3) is 17.2 Å². The van der Waals surface area contributed by atoms with Crippen molar-refractivity contribution in [3.8, 4) is 0 Å². The van der Waals surface area contributed by atoms with Gasteiger partial charge < -0.3 is 5.32 Å². The number of amides is 1. The Kier molecular flexibility index (Phi) is 4.74. The van der Waals surface area contributed by atoms with Crippen LogP contribution in [0.15, 0.2) is 35.1 Å². The molecule has 0 saturated heterocycles. The highest BCUT2D eigenvalue weighted by Crippen LogP contribution is 2.14. The van der Waals surface area contributed by atoms with Crippen molar-refractivity contribution < 1.29 is 9.72 Å². The summed E-state index contributed by atoms with van der Waals surface area (Å²) >= 11 is 0. The fourth-order valence-electron chi connectivity index (χ4n) is 2.39. The summed E-state index contributed by atoms with van der Waals surface area (Å²) in [6.45, 7) is 2.05. The van der Waals surface area contributed by atoms with Crippen LogP contribution in [0.5, 0.6) is 0 Å². The highest BCUT2D eigenvalue weighted by molar-refractivity contribution is 6.04. The number of nitro groups is 1. The second-order valence-corrected chi connectivity index (χ2v) is 5.64. The maximum absolute atomic E-state index is 12.4. The van der Waals surface area contributed by atoms with Crippen LogP contribution in [0.3, 0.4) is 0 Å². The van der Waals surface area contributed by atoms with Crippen molar-refractivity contribution in [2.75, 3.05) is 5.32 Å². The number of nitrogens with one attached hydrogen (secondary N) is 2. The Bertz CT molecular complexity index is 1020. The minimum absolute atomic E-state index is 0.114. The number of anilines is 1. The first-order chi connectivity index (χ1) is 12.5. The number of aromatic nitrogens is 4. The van der Waals surface area contributed by atoms with E-state index in [9.17, 15) is 19.7 Å². The SMILES string of the molecule is CCCCc1nc2[nH]c(=O)cc(NC(=O)c3ccc([N+](=O)[O-])cc3)n2n1. The van der Waals surface area contributed by atoms with Crippen LogP contribution in [0.25, 0.3) is 5.78 Å². The fraction of sp³-hybridized carbons (Fsp3) is 0.250. The van der Waals surface area contributed by atoms with E-state index in [1.807, 2.05) is 6.92 Å². The minimum Gasteiger partial charge on any atom is -0.306 e. The summed E-state index contributed by atoms with van der Waals surface area (Å²) in [5.74, 6) is 0.460. The second kappa shape index (κ2) is 7.13. The molecular weight excluding hydrogens is 340 g/mol. The summed E-state index contributed by atoms with van der Waals surface area (Å²) in [6.07, 6.45) is 2.55. The first-order valence-corrected chi connectivity index (χ1v) is 8.02. The van der Waals surface area contributed by atoms with Crippen LogP contribution in [0.2, 0.25) is 0 Å². The number of hydrogen-bond acceptors (Lipinski definition) is 6. The van der Waals surface area contributed by atoms with Crippen molar-refractivity contribution in [3.05, 3.63) is 62.2 Å². The zero-order valence-electron chi connectivity index (χ0n) is 13.9. The summed E-state index contributed by atoms with van der Waals surface area (Å²) in [7, 11) is 0. The third kappa shape index (κ3) is 3.58. The monoisotopic (exact) mass is 356 g/mol. The highest BCUT2D eigenvalue weighted by atomic mass is 16.6. The quantitative estimate of drug-likeness (QED) is 0.511. The molecule has 0 aliphatic carbocycles. The smallest absolute Gasteiger partial charge is 0.269 e. The average molecular weight is 356 g/mol. The molecule has 0 fully saturated rings. The van der Waals surface area contributed by atoms with Crippen LogP contribution in [0.4, 0.5) is 11.5 Å². The molecule has 2 aromatic heterocycles. The van der Waals surface area contributed by atoms with E-state index in [1.165, 1.54) is 34.8 Å². The van der Waals surface area contributed by atoms with Crippen molar-refractivity contribution in [1.29, 1.82) is 0 Å². The maximum atomic E-state index is 12.4. The van der Waals surface area contributed by atoms with E-state index in [1.54, 1.807) is 0 Å². The molecule has 0 saturated carbocycles. The van der Waals surface area contributed by atoms with Crippen LogP contribution >= 0.6 is 0 Å². The number of benzene rings is 1. The molecular formula is C16H16N6O4. The van der Waals surface area contributed by atoms with Gasteiger partial charge in [-0.15, -0.1) is 5.10 Å². The predicted octanol–water partition coefficient (Wildman–Crippen LogP) is 1.92. The Balaban J connectivity index is 1.89. The third-order valence-corrected chi connectivity index (χ3v) is 3.72. The van der Waals surface area contributed by atoms with Gasteiger partial charge in [-0.3, -0.25) is 24.7 Å². The fourth-order valence-corrected chi connectivity index (χ4v) is 2.39. The van der Waals surface area contributed by atoms with Crippen molar-refractivity contribution in [2.45, 2.75) is 26.2 Å². The van der Waals surface area contributed by atoms with Crippen molar-refractivity contribution in [1.82, 2.24) is 19.6 Å². The molecule has 1 aromatic carbocycles. The highest BCUT2D eigenvalue weighted by Gasteiger charge is 2.14. The Morgan fingerprint density at radius 3 is 2.73 bits per heavy atom. The summed E-state index contributed by atoms with van der Waals surface area (Å²) in [4.78, 5) is 41.1. The van der Waals surface area contributed by atoms with Gasteiger partial charge in [0, 0.05) is 30.2 Å². The molecule has 0 radical (unpaired) electrons. The van der Waals surface area contributed by atoms with Gasteiger partial charge in [0.2, 0.25) is 5.78 Å². The number of carbonyl (C=O) groups excluding carboxylic acids is 1. The number of carbonyl (C=O) groups is 1. The molecule has 10 heteroatoms. The number of non-ortho nitro benzene ring substituents is 1. The molecule has 0 spiro atoms. The molecule has 0 aliphatic heterocycles. The van der Waals surface area contributed by atoms with Crippen molar-refractivity contribution >= 4 is 23.2 Å². The minimum atomic E-state index is -0.546. The molecule has 0 aliphatic rings. The summed E-state index contributed by atoms with van der Waals surface area (Å²) in [6, 6.07) is 6.35. The van der Waals surface area contributed by atoms with Gasteiger partial charge in [-0.25, -0.2) is 0 Å². The molecule has 26 heavy (non-hydrogen) atoms. The standard InChI is InChI=1S/C16H16N6O4/c1-2-3-4-12-17-16-19-14(23)9-13(21(16)20-12)18-15(24)10-5-7-11(8-6-10)22(25)26/h5-9H,2-4H2,1H3,(H,18,24)(H,17,19,20,23). The lowest BCUT2D eigenvalue weighted by Gasteiger charge is -2.06. The van der Waals surface area contributed by atoms with E-state index in [0.29, 0.717) is 12.2 Å². The zero-order valence-corrected chi connectivity index (χ0v) is 13.9. The van der Waals surface area contributed by atoms with Gasteiger partial charge in [0.15, 0.2) is 5.82 Å². The van der Waals surface area contributed by atoms with Gasteiger partial charge >= 0.3 is 0 Å². The Hall–Kier alpha value is -3.56. The van der Waals surface area contributed by atoms with Gasteiger partial charge in [-0.05, 0) is 18.6 Å². The Labute approximate surface area is 147 Å². The molecule has 2 heterocycles. The molecule has 10 nitrogen and oxygen atoms in total. The van der Waals surface area contributed by atoms with E-state index in [0.717, 1.165) is 12.8 Å². The molecule has 134 valence electrons. The topological polar surface area (TPSA) is 135 Å². The normalized spacial score (nSPS) is 10.8. The molecule has 0 bridgehead atoms. The molecule has 2 N–H and O–H groups in total. The summed E-state index contributed by atoms with van der Waals surface area (Å²) < 4.78 is 1.36. The molecule has 3 rings (SSSR count). The van der Waals surface area contributed by atoms with E-state index in [4.69, 9.17) is 0 Å². The van der Waals surface area contributed by atoms with Crippen LogP contribution in [0.1, 0.15) is 35.9 Å². The van der Waals surface area contributed by atoms with Gasteiger partial charge in [0.1, 0.15) is 5.82 Å². The van der Waals surface area contributed by atoms with Crippen LogP contribution in [0, 0.1) is 10.1 Å². The second-order valence-electron chi connectivity index (χ2n) is 5.64. The lowest BCUT2D eigenvalue weighted by atomic mass is 10.2. The van der Waals surface area contributed by atoms with E-state index < -0.39 is 16.4 Å². The largest absolute Gasteiger partial charge is 0.306 e. The molecule has 0 atom stereocenters. The first-order valence-electron chi connectivity index (χ1n) is 8.02. The molecule has 0 unspecified atom stereocenters. The number of fused-ring (bicyclic) bond motifs is 1. The van der Waals surface area contributed by atoms with E-state index in [-0.39, 0.29) is 22.8 Å². The predicted molar refractivity (Wildman–Crippen MR) is 93.3 cm³/mol. The molecule has 3 aromatic rings. The Morgan fingerprint density at radius 2 is 2.08 bits per heavy atom. The number of aryl methyl sites for hydroxylation is 1. The lowest BCUT2D eigenvalue weighted by Crippen LogP contribution is -2.18. The van der Waals surface area contributed by atoms with Crippen molar-refractivity contribution in [2.24, 2.45) is 0 Å². The number of hydrogen-bond donors (Lipinski definition) is 2. The van der Waals surface area contributed by atoms with E-state index >= 15 is 0 Å². The third-order valence-electron chi connectivity index (χ3n) is 3.72. The number of H-pyrrole nitrogens is 1. The van der Waals surface area contributed by atoms with Crippen LogP contribution in [-0.4, -0.2) is 30.4 Å². The van der Waals surface area contributed by atoms with Crippen LogP contribution < -0.4 is 10.9 Å². The van der Waals surface area contributed by atoms with Gasteiger partial charge in [-0.2, -0.15) is 9.50 Å². The van der Waals surface area contributed by atoms with E-state index in [2.05, 4.69) is 20.4 Å². The lowest BCUT2D eigenvalue weighted by molar-refractivity contribution is -0.384. The van der Waals surface area contributed by atoms with Gasteiger partial charge in [0.05, 0.1) is 4.92 Å². The number of unbranched alkanes of at least 4 members (excludes halogenated alkanes) is 1. The van der Waals surface area contributed by atoms with Crippen molar-refractivity contribution in [3.63, 3.8) is 0 Å². The average Bonchev–Trinajstić information content (AvgIpc) is 3.02. The number of nitro benzene ring substituents is 1. The number of nitrogens with zero attached hydrogens (tertiary/aromatic N) is 4. The molecule has 1 amide bonds. The maximum Gasteiger partial charge on any atom is 0.269 e. The zero-order chi connectivity index (χ0) is 18.7. The number of rotatable bonds is 6. The van der Waals surface area contributed by atoms with Gasteiger partial charge in [-0.1, -0.05) is 13.3 Å². The summed E-state index contributed by atoms with van der Waals surface area (Å²) in [5.41, 5.74) is -0.321. The first kappa shape index (κ1) is 17.3. The summed E-state index contributed by atoms with van der Waals surface area (Å²) in [5, 5.41) is 17.6. The van der Waals surface area contributed by atoms with Crippen LogP contribution in [-0.2, 0) is 6.42 Å². The Morgan fingerprint density at radius 1 is 1.35 bits per heavy atom. The number of aromatic amines is 1.